The Labute approximate surface area is 141 Å². The highest BCUT2D eigenvalue weighted by atomic mass is 16.1. The van der Waals surface area contributed by atoms with Crippen LogP contribution in [0, 0.1) is 12.8 Å². The van der Waals surface area contributed by atoms with Gasteiger partial charge in [0.05, 0.1) is 12.2 Å². The molecule has 0 saturated carbocycles. The minimum absolute atomic E-state index is 0.102. The van der Waals surface area contributed by atoms with Crippen molar-refractivity contribution in [3.8, 4) is 0 Å². The summed E-state index contributed by atoms with van der Waals surface area (Å²) < 4.78 is 1.90. The van der Waals surface area contributed by atoms with E-state index < -0.39 is 0 Å². The molecular formula is C17H24N6O. The van der Waals surface area contributed by atoms with E-state index in [0.717, 1.165) is 42.3 Å². The number of nitrogens with one attached hydrogen (secondary N) is 2. The third kappa shape index (κ3) is 3.72. The first kappa shape index (κ1) is 16.4. The lowest BCUT2D eigenvalue weighted by atomic mass is 10.0. The lowest BCUT2D eigenvalue weighted by Crippen LogP contribution is -2.34. The number of aromatic nitrogens is 4. The molecule has 1 amide bonds. The Morgan fingerprint density at radius 3 is 2.92 bits per heavy atom. The van der Waals surface area contributed by atoms with Gasteiger partial charge in [-0.3, -0.25) is 9.48 Å². The Bertz CT molecular complexity index is 737. The van der Waals surface area contributed by atoms with E-state index in [1.54, 1.807) is 0 Å². The van der Waals surface area contributed by atoms with Crippen LogP contribution in [0.5, 0.6) is 0 Å². The van der Waals surface area contributed by atoms with Crippen LogP contribution in [-0.2, 0) is 19.4 Å². The van der Waals surface area contributed by atoms with Crippen LogP contribution in [0.4, 0.5) is 5.82 Å². The van der Waals surface area contributed by atoms with Crippen molar-refractivity contribution in [1.82, 2.24) is 25.1 Å². The highest BCUT2D eigenvalue weighted by Crippen LogP contribution is 2.21. The third-order valence-electron chi connectivity index (χ3n) is 3.93. The van der Waals surface area contributed by atoms with Crippen LogP contribution in [0.1, 0.15) is 41.4 Å². The summed E-state index contributed by atoms with van der Waals surface area (Å²) in [4.78, 5) is 21.3. The van der Waals surface area contributed by atoms with E-state index in [4.69, 9.17) is 0 Å². The second-order valence-electron chi connectivity index (χ2n) is 6.57. The van der Waals surface area contributed by atoms with Gasteiger partial charge in [-0.25, -0.2) is 9.97 Å². The summed E-state index contributed by atoms with van der Waals surface area (Å²) >= 11 is 0. The first-order valence-electron chi connectivity index (χ1n) is 8.45. The van der Waals surface area contributed by atoms with Crippen molar-refractivity contribution in [2.45, 2.75) is 40.2 Å². The van der Waals surface area contributed by atoms with Crippen LogP contribution >= 0.6 is 0 Å². The summed E-state index contributed by atoms with van der Waals surface area (Å²) in [5, 5.41) is 10.6. The SMILES string of the molecule is Cc1ccn(CCNc2nc(CC(C)C)nc3c2CCNC3=O)n1. The molecule has 0 aromatic carbocycles. The number of amides is 1. The Hall–Kier alpha value is -2.44. The predicted octanol–water partition coefficient (Wildman–Crippen LogP) is 1.58. The van der Waals surface area contributed by atoms with Crippen LogP contribution in [-0.4, -0.2) is 38.7 Å². The van der Waals surface area contributed by atoms with E-state index in [-0.39, 0.29) is 5.91 Å². The number of hydrogen-bond acceptors (Lipinski definition) is 5. The zero-order valence-electron chi connectivity index (χ0n) is 14.5. The summed E-state index contributed by atoms with van der Waals surface area (Å²) in [7, 11) is 0. The van der Waals surface area contributed by atoms with Crippen molar-refractivity contribution in [1.29, 1.82) is 0 Å². The third-order valence-corrected chi connectivity index (χ3v) is 3.93. The lowest BCUT2D eigenvalue weighted by Gasteiger charge is -2.20. The van der Waals surface area contributed by atoms with Gasteiger partial charge in [-0.1, -0.05) is 13.8 Å². The van der Waals surface area contributed by atoms with Crippen molar-refractivity contribution in [3.63, 3.8) is 0 Å². The first-order chi connectivity index (χ1) is 11.5. The molecule has 0 fully saturated rings. The summed E-state index contributed by atoms with van der Waals surface area (Å²) in [6, 6.07) is 1.98. The molecule has 0 aliphatic carbocycles. The zero-order chi connectivity index (χ0) is 17.1. The Morgan fingerprint density at radius 2 is 2.21 bits per heavy atom. The van der Waals surface area contributed by atoms with Crippen LogP contribution in [0.2, 0.25) is 0 Å². The van der Waals surface area contributed by atoms with E-state index in [1.807, 2.05) is 23.9 Å². The maximum absolute atomic E-state index is 12.1. The number of carbonyl (C=O) groups excluding carboxylic acids is 1. The highest BCUT2D eigenvalue weighted by molar-refractivity contribution is 5.95. The average molecular weight is 328 g/mol. The van der Waals surface area contributed by atoms with Crippen LogP contribution in [0.25, 0.3) is 0 Å². The number of fused-ring (bicyclic) bond motifs is 1. The van der Waals surface area contributed by atoms with E-state index in [0.29, 0.717) is 24.7 Å². The number of hydrogen-bond donors (Lipinski definition) is 2. The molecule has 7 nitrogen and oxygen atoms in total. The van der Waals surface area contributed by atoms with Crippen LogP contribution < -0.4 is 10.6 Å². The zero-order valence-corrected chi connectivity index (χ0v) is 14.5. The number of carbonyl (C=O) groups is 1. The second kappa shape index (κ2) is 6.98. The molecule has 0 saturated heterocycles. The monoisotopic (exact) mass is 328 g/mol. The standard InChI is InChI=1S/C17H24N6O/c1-11(2)10-14-20-15-13(4-6-19-17(15)24)16(21-14)18-7-9-23-8-5-12(3)22-23/h5,8,11H,4,6-7,9-10H2,1-3H3,(H,19,24)(H,18,20,21). The molecule has 0 atom stereocenters. The Balaban J connectivity index is 1.79. The summed E-state index contributed by atoms with van der Waals surface area (Å²) in [5.41, 5.74) is 2.44. The number of nitrogens with zero attached hydrogens (tertiary/aromatic N) is 4. The molecule has 0 unspecified atom stereocenters. The van der Waals surface area contributed by atoms with Crippen molar-refractivity contribution in [2.75, 3.05) is 18.4 Å². The van der Waals surface area contributed by atoms with Gasteiger partial charge < -0.3 is 10.6 Å². The lowest BCUT2D eigenvalue weighted by molar-refractivity contribution is 0.0940. The molecule has 24 heavy (non-hydrogen) atoms. The van der Waals surface area contributed by atoms with Gasteiger partial charge in [-0.05, 0) is 25.3 Å². The van der Waals surface area contributed by atoms with E-state index in [1.165, 1.54) is 0 Å². The topological polar surface area (TPSA) is 84.7 Å². The van der Waals surface area contributed by atoms with E-state index in [2.05, 4.69) is 39.5 Å². The maximum Gasteiger partial charge on any atom is 0.270 e. The molecular weight excluding hydrogens is 304 g/mol. The molecule has 128 valence electrons. The fourth-order valence-electron chi connectivity index (χ4n) is 2.82. The van der Waals surface area contributed by atoms with E-state index in [9.17, 15) is 4.79 Å². The summed E-state index contributed by atoms with van der Waals surface area (Å²) in [6.07, 6.45) is 3.48. The Kier molecular flexibility index (Phi) is 4.78. The quantitative estimate of drug-likeness (QED) is 0.841. The summed E-state index contributed by atoms with van der Waals surface area (Å²) in [5.74, 6) is 1.84. The van der Waals surface area contributed by atoms with Gasteiger partial charge in [0, 0.05) is 31.3 Å². The molecule has 0 spiro atoms. The molecule has 2 aromatic rings. The van der Waals surface area contributed by atoms with Crippen LogP contribution in [0.15, 0.2) is 12.3 Å². The summed E-state index contributed by atoms with van der Waals surface area (Å²) in [6.45, 7) is 8.30. The predicted molar refractivity (Wildman–Crippen MR) is 92.1 cm³/mol. The molecule has 1 aliphatic heterocycles. The number of aryl methyl sites for hydroxylation is 1. The minimum Gasteiger partial charge on any atom is -0.368 e. The normalized spacial score (nSPS) is 13.8. The fraction of sp³-hybridized carbons (Fsp3) is 0.529. The fourth-order valence-corrected chi connectivity index (χ4v) is 2.82. The molecule has 3 rings (SSSR count). The van der Waals surface area contributed by atoms with E-state index >= 15 is 0 Å². The van der Waals surface area contributed by atoms with Crippen molar-refractivity contribution in [3.05, 3.63) is 35.0 Å². The highest BCUT2D eigenvalue weighted by Gasteiger charge is 2.23. The maximum atomic E-state index is 12.1. The largest absolute Gasteiger partial charge is 0.368 e. The molecule has 0 bridgehead atoms. The molecule has 2 aromatic heterocycles. The van der Waals surface area contributed by atoms with Gasteiger partial charge >= 0.3 is 0 Å². The van der Waals surface area contributed by atoms with Crippen molar-refractivity contribution >= 4 is 11.7 Å². The van der Waals surface area contributed by atoms with Gasteiger partial charge in [-0.15, -0.1) is 0 Å². The molecule has 7 heteroatoms. The Morgan fingerprint density at radius 1 is 1.38 bits per heavy atom. The van der Waals surface area contributed by atoms with Crippen LogP contribution in [0.3, 0.4) is 0 Å². The number of anilines is 1. The van der Waals surface area contributed by atoms with Gasteiger partial charge in [-0.2, -0.15) is 5.10 Å². The van der Waals surface area contributed by atoms with Gasteiger partial charge in [0.25, 0.3) is 5.91 Å². The molecule has 0 radical (unpaired) electrons. The first-order valence-corrected chi connectivity index (χ1v) is 8.45. The van der Waals surface area contributed by atoms with Gasteiger partial charge in [0.15, 0.2) is 0 Å². The molecule has 2 N–H and O–H groups in total. The van der Waals surface area contributed by atoms with Crippen molar-refractivity contribution in [2.24, 2.45) is 5.92 Å². The van der Waals surface area contributed by atoms with Gasteiger partial charge in [0.1, 0.15) is 17.3 Å². The van der Waals surface area contributed by atoms with Crippen molar-refractivity contribution < 1.29 is 4.79 Å². The van der Waals surface area contributed by atoms with Gasteiger partial charge in [0.2, 0.25) is 0 Å². The second-order valence-corrected chi connectivity index (χ2v) is 6.57. The minimum atomic E-state index is -0.102. The average Bonchev–Trinajstić information content (AvgIpc) is 2.93. The smallest absolute Gasteiger partial charge is 0.270 e. The molecule has 1 aliphatic rings. The number of rotatable bonds is 6. The molecule has 3 heterocycles.